The van der Waals surface area contributed by atoms with E-state index >= 15 is 0 Å². The maximum atomic E-state index is 12.9. The molecule has 2 aromatic heterocycles. The number of thiophene rings is 1. The van der Waals surface area contributed by atoms with Crippen LogP contribution in [0.1, 0.15) is 24.8 Å². The molecule has 0 spiro atoms. The molecule has 0 bridgehead atoms. The van der Waals surface area contributed by atoms with E-state index < -0.39 is 16.1 Å². The van der Waals surface area contributed by atoms with Crippen molar-refractivity contribution in [2.24, 2.45) is 0 Å². The minimum absolute atomic E-state index is 0.287. The number of benzene rings is 1. The number of hydrogen-bond donors (Lipinski definition) is 0. The zero-order valence-electron chi connectivity index (χ0n) is 12.7. The summed E-state index contributed by atoms with van der Waals surface area (Å²) in [6.07, 6.45) is 1.45. The van der Waals surface area contributed by atoms with E-state index in [0.29, 0.717) is 24.7 Å². The lowest BCUT2D eigenvalue weighted by Crippen LogP contribution is -2.30. The molecule has 3 heterocycles. The quantitative estimate of drug-likeness (QED) is 0.712. The Hall–Kier alpha value is -2.03. The van der Waals surface area contributed by atoms with E-state index in [1.54, 1.807) is 41.7 Å². The molecular weight excluding hydrogens is 346 g/mol. The fourth-order valence-corrected chi connectivity index (χ4v) is 5.18. The third-order valence-corrected chi connectivity index (χ3v) is 6.65. The van der Waals surface area contributed by atoms with Crippen LogP contribution < -0.4 is 0 Å². The summed E-state index contributed by atoms with van der Waals surface area (Å²) in [6, 6.07) is 9.94. The van der Waals surface area contributed by atoms with Crippen LogP contribution in [0.5, 0.6) is 0 Å². The van der Waals surface area contributed by atoms with Crippen molar-refractivity contribution in [2.45, 2.75) is 23.8 Å². The topological polar surface area (TPSA) is 76.3 Å². The molecule has 24 heavy (non-hydrogen) atoms. The van der Waals surface area contributed by atoms with Crippen LogP contribution in [0.4, 0.5) is 0 Å². The van der Waals surface area contributed by atoms with Crippen molar-refractivity contribution in [3.05, 3.63) is 53.0 Å². The van der Waals surface area contributed by atoms with Crippen LogP contribution in [-0.2, 0) is 10.0 Å². The van der Waals surface area contributed by atoms with Crippen molar-refractivity contribution in [1.29, 1.82) is 0 Å². The zero-order chi connectivity index (χ0) is 16.6. The molecule has 0 saturated carbocycles. The van der Waals surface area contributed by atoms with Crippen LogP contribution in [-0.4, -0.2) is 29.5 Å². The molecule has 6 nitrogen and oxygen atoms in total. The normalized spacial score (nSPS) is 18.9. The zero-order valence-corrected chi connectivity index (χ0v) is 14.3. The number of aromatic nitrogens is 2. The number of hydrogen-bond acceptors (Lipinski definition) is 6. The first-order valence-corrected chi connectivity index (χ1v) is 9.97. The number of nitrogens with zero attached hydrogens (tertiary/aromatic N) is 3. The van der Waals surface area contributed by atoms with Gasteiger partial charge in [-0.1, -0.05) is 18.2 Å². The van der Waals surface area contributed by atoms with Gasteiger partial charge < -0.3 is 4.42 Å². The summed E-state index contributed by atoms with van der Waals surface area (Å²) in [7, 11) is -3.57. The summed E-state index contributed by atoms with van der Waals surface area (Å²) in [5, 5.41) is 12.0. The molecule has 1 unspecified atom stereocenters. The summed E-state index contributed by atoms with van der Waals surface area (Å²) in [4.78, 5) is 0.287. The van der Waals surface area contributed by atoms with Gasteiger partial charge in [0.25, 0.3) is 0 Å². The Labute approximate surface area is 143 Å². The first-order valence-electron chi connectivity index (χ1n) is 7.59. The molecule has 0 amide bonds. The van der Waals surface area contributed by atoms with Crippen LogP contribution in [0, 0.1) is 0 Å². The second kappa shape index (κ2) is 6.12. The van der Waals surface area contributed by atoms with Gasteiger partial charge in [0.15, 0.2) is 0 Å². The van der Waals surface area contributed by atoms with E-state index in [1.165, 1.54) is 4.31 Å². The van der Waals surface area contributed by atoms with Crippen molar-refractivity contribution < 1.29 is 12.8 Å². The summed E-state index contributed by atoms with van der Waals surface area (Å²) >= 11 is 1.54. The molecular formula is C16H15N3O3S2. The van der Waals surface area contributed by atoms with Gasteiger partial charge in [0.05, 0.1) is 4.90 Å². The average molecular weight is 361 g/mol. The number of sulfonamides is 1. The highest BCUT2D eigenvalue weighted by Crippen LogP contribution is 2.36. The Morgan fingerprint density at radius 2 is 2.00 bits per heavy atom. The molecule has 8 heteroatoms. The molecule has 1 aromatic carbocycles. The van der Waals surface area contributed by atoms with Gasteiger partial charge in [-0.05, 0) is 36.4 Å². The first-order chi connectivity index (χ1) is 11.7. The third-order valence-electron chi connectivity index (χ3n) is 4.05. The molecule has 4 rings (SSSR count). The molecule has 0 N–H and O–H groups in total. The molecule has 3 aromatic rings. The molecule has 124 valence electrons. The highest BCUT2D eigenvalue weighted by atomic mass is 32.2. The van der Waals surface area contributed by atoms with Crippen LogP contribution >= 0.6 is 11.3 Å². The standard InChI is InChI=1S/C16H15N3O3S2/c20-24(21,13-5-2-1-3-6-13)19-9-4-7-14(19)16-18-17-15(22-16)12-8-10-23-11-12/h1-3,5-6,8,10-11,14H,4,7,9H2. The van der Waals surface area contributed by atoms with Crippen molar-refractivity contribution in [2.75, 3.05) is 6.54 Å². The summed E-state index contributed by atoms with van der Waals surface area (Å²) < 4.78 is 33.0. The van der Waals surface area contributed by atoms with E-state index in [0.717, 1.165) is 12.0 Å². The predicted octanol–water partition coefficient (Wildman–Crippen LogP) is 3.32. The lowest BCUT2D eigenvalue weighted by molar-refractivity contribution is 0.332. The Bertz CT molecular complexity index is 921. The molecule has 1 saturated heterocycles. The lowest BCUT2D eigenvalue weighted by atomic mass is 10.2. The smallest absolute Gasteiger partial charge is 0.248 e. The van der Waals surface area contributed by atoms with Gasteiger partial charge >= 0.3 is 0 Å². The van der Waals surface area contributed by atoms with Crippen LogP contribution in [0.3, 0.4) is 0 Å². The highest BCUT2D eigenvalue weighted by Gasteiger charge is 2.39. The Morgan fingerprint density at radius 3 is 2.75 bits per heavy atom. The van der Waals surface area contributed by atoms with E-state index in [-0.39, 0.29) is 4.90 Å². The van der Waals surface area contributed by atoms with E-state index in [1.807, 2.05) is 16.8 Å². The minimum atomic E-state index is -3.57. The fraction of sp³-hybridized carbons (Fsp3) is 0.250. The molecule has 1 atom stereocenters. The van der Waals surface area contributed by atoms with Crippen molar-refractivity contribution in [1.82, 2.24) is 14.5 Å². The molecule has 0 aliphatic carbocycles. The molecule has 1 fully saturated rings. The van der Waals surface area contributed by atoms with E-state index in [2.05, 4.69) is 10.2 Å². The molecule has 1 aliphatic rings. The van der Waals surface area contributed by atoms with E-state index in [4.69, 9.17) is 4.42 Å². The second-order valence-electron chi connectivity index (χ2n) is 5.54. The maximum absolute atomic E-state index is 12.9. The van der Waals surface area contributed by atoms with Gasteiger partial charge in [-0.25, -0.2) is 8.42 Å². The van der Waals surface area contributed by atoms with Gasteiger partial charge in [0.2, 0.25) is 21.8 Å². The summed E-state index contributed by atoms with van der Waals surface area (Å²) in [5.74, 6) is 0.781. The van der Waals surface area contributed by atoms with Gasteiger partial charge in [-0.2, -0.15) is 15.6 Å². The van der Waals surface area contributed by atoms with Gasteiger partial charge in [-0.3, -0.25) is 0 Å². The van der Waals surface area contributed by atoms with E-state index in [9.17, 15) is 8.42 Å². The first kappa shape index (κ1) is 15.5. The van der Waals surface area contributed by atoms with Crippen molar-refractivity contribution in [3.8, 4) is 11.5 Å². The van der Waals surface area contributed by atoms with Crippen LogP contribution in [0.2, 0.25) is 0 Å². The van der Waals surface area contributed by atoms with Crippen LogP contribution in [0.25, 0.3) is 11.5 Å². The van der Waals surface area contributed by atoms with Crippen molar-refractivity contribution >= 4 is 21.4 Å². The minimum Gasteiger partial charge on any atom is -0.419 e. The SMILES string of the molecule is O=S(=O)(c1ccccc1)N1CCCC1c1nnc(-c2ccsc2)o1. The Kier molecular flexibility index (Phi) is 3.95. The van der Waals surface area contributed by atoms with Crippen molar-refractivity contribution in [3.63, 3.8) is 0 Å². The largest absolute Gasteiger partial charge is 0.419 e. The molecule has 0 radical (unpaired) electrons. The van der Waals surface area contributed by atoms with Gasteiger partial charge in [0, 0.05) is 17.5 Å². The lowest BCUT2D eigenvalue weighted by Gasteiger charge is -2.21. The monoisotopic (exact) mass is 361 g/mol. The predicted molar refractivity (Wildman–Crippen MR) is 89.9 cm³/mol. The number of rotatable bonds is 4. The van der Waals surface area contributed by atoms with Crippen LogP contribution in [0.15, 0.2) is 56.5 Å². The maximum Gasteiger partial charge on any atom is 0.248 e. The summed E-state index contributed by atoms with van der Waals surface area (Å²) in [5.41, 5.74) is 0.856. The summed E-state index contributed by atoms with van der Waals surface area (Å²) in [6.45, 7) is 0.456. The Balaban J connectivity index is 1.66. The fourth-order valence-electron chi connectivity index (χ4n) is 2.87. The Morgan fingerprint density at radius 1 is 1.17 bits per heavy atom. The molecule has 1 aliphatic heterocycles. The highest BCUT2D eigenvalue weighted by molar-refractivity contribution is 7.89. The van der Waals surface area contributed by atoms with Gasteiger partial charge in [0.1, 0.15) is 6.04 Å². The third kappa shape index (κ3) is 2.66. The van der Waals surface area contributed by atoms with Gasteiger partial charge in [-0.15, -0.1) is 10.2 Å². The average Bonchev–Trinajstić information content (AvgIpc) is 3.34. The second-order valence-corrected chi connectivity index (χ2v) is 8.21.